The van der Waals surface area contributed by atoms with E-state index in [-0.39, 0.29) is 18.9 Å². The van der Waals surface area contributed by atoms with E-state index >= 15 is 0 Å². The lowest BCUT2D eigenvalue weighted by atomic mass is 10.1. The van der Waals surface area contributed by atoms with Crippen molar-refractivity contribution >= 4 is 21.6 Å². The number of ether oxygens (including phenoxy) is 3. The molecule has 1 amide bonds. The maximum Gasteiger partial charge on any atom is 0.229 e. The van der Waals surface area contributed by atoms with Crippen molar-refractivity contribution < 1.29 is 27.4 Å². The summed E-state index contributed by atoms with van der Waals surface area (Å²) in [5, 5.41) is 2.81. The standard InChI is InChI=1S/C20H26N2O6S/c1-26-17-11-9-14(19(27-2)20(17)28-3)10-12-18(23)21-13-15-7-5-6-8-16(15)22-29(4,24)25/h5-9,11,22H,10,12-13H2,1-4H3,(H,21,23). The van der Waals surface area contributed by atoms with Crippen LogP contribution in [0.4, 0.5) is 5.69 Å². The van der Waals surface area contributed by atoms with Crippen LogP contribution in [0.25, 0.3) is 0 Å². The third-order valence-corrected chi connectivity index (χ3v) is 4.79. The zero-order chi connectivity index (χ0) is 21.4. The third-order valence-electron chi connectivity index (χ3n) is 4.20. The second-order valence-corrected chi connectivity index (χ2v) is 8.05. The Morgan fingerprint density at radius 3 is 2.24 bits per heavy atom. The van der Waals surface area contributed by atoms with Crippen molar-refractivity contribution in [1.29, 1.82) is 0 Å². The Balaban J connectivity index is 2.02. The Labute approximate surface area is 171 Å². The van der Waals surface area contributed by atoms with Gasteiger partial charge < -0.3 is 19.5 Å². The summed E-state index contributed by atoms with van der Waals surface area (Å²) in [6.45, 7) is 0.209. The summed E-state index contributed by atoms with van der Waals surface area (Å²) in [4.78, 5) is 12.3. The average Bonchev–Trinajstić information content (AvgIpc) is 2.69. The number of anilines is 1. The molecule has 29 heavy (non-hydrogen) atoms. The first kappa shape index (κ1) is 22.4. The molecule has 0 aliphatic rings. The van der Waals surface area contributed by atoms with Crippen LogP contribution < -0.4 is 24.2 Å². The van der Waals surface area contributed by atoms with Crippen LogP contribution in [0.15, 0.2) is 36.4 Å². The van der Waals surface area contributed by atoms with Crippen LogP contribution in [0.2, 0.25) is 0 Å². The quantitative estimate of drug-likeness (QED) is 0.609. The van der Waals surface area contributed by atoms with E-state index in [4.69, 9.17) is 14.2 Å². The fraction of sp³-hybridized carbons (Fsp3) is 0.350. The lowest BCUT2D eigenvalue weighted by Gasteiger charge is -2.16. The van der Waals surface area contributed by atoms with Crippen molar-refractivity contribution in [3.8, 4) is 17.2 Å². The van der Waals surface area contributed by atoms with Gasteiger partial charge in [-0.15, -0.1) is 0 Å². The molecule has 0 saturated heterocycles. The highest BCUT2D eigenvalue weighted by Crippen LogP contribution is 2.40. The second kappa shape index (κ2) is 10.0. The predicted molar refractivity (Wildman–Crippen MR) is 111 cm³/mol. The first-order valence-corrected chi connectivity index (χ1v) is 10.8. The molecule has 0 fully saturated rings. The van der Waals surface area contributed by atoms with Crippen LogP contribution >= 0.6 is 0 Å². The molecular weight excluding hydrogens is 396 g/mol. The van der Waals surface area contributed by atoms with E-state index in [1.54, 1.807) is 37.4 Å². The summed E-state index contributed by atoms with van der Waals surface area (Å²) >= 11 is 0. The number of carbonyl (C=O) groups is 1. The highest BCUT2D eigenvalue weighted by molar-refractivity contribution is 7.92. The van der Waals surface area contributed by atoms with Gasteiger partial charge in [-0.25, -0.2) is 8.42 Å². The average molecular weight is 423 g/mol. The summed E-state index contributed by atoms with van der Waals surface area (Å²) in [5.41, 5.74) is 1.94. The minimum absolute atomic E-state index is 0.170. The fourth-order valence-electron chi connectivity index (χ4n) is 2.86. The number of hydrogen-bond acceptors (Lipinski definition) is 6. The molecule has 8 nitrogen and oxygen atoms in total. The molecule has 0 unspecified atom stereocenters. The predicted octanol–water partition coefficient (Wildman–Crippen LogP) is 2.33. The van der Waals surface area contributed by atoms with Gasteiger partial charge >= 0.3 is 0 Å². The van der Waals surface area contributed by atoms with Gasteiger partial charge in [0.2, 0.25) is 21.7 Å². The van der Waals surface area contributed by atoms with E-state index < -0.39 is 10.0 Å². The van der Waals surface area contributed by atoms with Crippen molar-refractivity contribution in [3.05, 3.63) is 47.5 Å². The number of methoxy groups -OCH3 is 3. The van der Waals surface area contributed by atoms with Gasteiger partial charge in [0, 0.05) is 13.0 Å². The summed E-state index contributed by atoms with van der Waals surface area (Å²) in [7, 11) is 1.20. The number of para-hydroxylation sites is 1. The number of nitrogens with one attached hydrogen (secondary N) is 2. The van der Waals surface area contributed by atoms with Crippen LogP contribution in [-0.4, -0.2) is 41.9 Å². The van der Waals surface area contributed by atoms with Gasteiger partial charge in [0.1, 0.15) is 0 Å². The summed E-state index contributed by atoms with van der Waals surface area (Å²) in [6, 6.07) is 10.5. The zero-order valence-corrected chi connectivity index (χ0v) is 17.8. The van der Waals surface area contributed by atoms with Gasteiger partial charge in [-0.05, 0) is 29.7 Å². The van der Waals surface area contributed by atoms with Gasteiger partial charge in [-0.1, -0.05) is 24.3 Å². The van der Waals surface area contributed by atoms with Gasteiger partial charge in [-0.2, -0.15) is 0 Å². The van der Waals surface area contributed by atoms with Crippen molar-refractivity contribution in [2.24, 2.45) is 0 Å². The van der Waals surface area contributed by atoms with Crippen molar-refractivity contribution in [1.82, 2.24) is 5.32 Å². The first-order chi connectivity index (χ1) is 13.8. The molecule has 0 aliphatic heterocycles. The van der Waals surface area contributed by atoms with Gasteiger partial charge in [-0.3, -0.25) is 9.52 Å². The number of hydrogen-bond donors (Lipinski definition) is 2. The molecule has 0 radical (unpaired) electrons. The number of benzene rings is 2. The third kappa shape index (κ3) is 6.28. The molecule has 2 N–H and O–H groups in total. The number of rotatable bonds is 10. The minimum atomic E-state index is -3.40. The Bertz CT molecular complexity index is 959. The van der Waals surface area contributed by atoms with Crippen molar-refractivity contribution in [2.45, 2.75) is 19.4 Å². The zero-order valence-electron chi connectivity index (χ0n) is 16.9. The molecule has 0 bridgehead atoms. The Morgan fingerprint density at radius 2 is 1.62 bits per heavy atom. The van der Waals surface area contributed by atoms with Crippen LogP contribution in [0, 0.1) is 0 Å². The SMILES string of the molecule is COc1ccc(CCC(=O)NCc2ccccc2NS(C)(=O)=O)c(OC)c1OC. The van der Waals surface area contributed by atoms with Crippen molar-refractivity contribution in [3.63, 3.8) is 0 Å². The Kier molecular flexibility index (Phi) is 7.72. The number of carbonyl (C=O) groups excluding carboxylic acids is 1. The molecule has 0 aromatic heterocycles. The molecule has 0 saturated carbocycles. The molecule has 0 aliphatic carbocycles. The van der Waals surface area contributed by atoms with E-state index in [1.807, 2.05) is 6.07 Å². The normalized spacial score (nSPS) is 10.9. The largest absolute Gasteiger partial charge is 0.493 e. The van der Waals surface area contributed by atoms with Crippen LogP contribution in [0.5, 0.6) is 17.2 Å². The molecule has 158 valence electrons. The molecule has 2 aromatic rings. The molecule has 2 rings (SSSR count). The van der Waals surface area contributed by atoms with Gasteiger partial charge in [0.05, 0.1) is 33.3 Å². The van der Waals surface area contributed by atoms with E-state index in [0.717, 1.165) is 11.8 Å². The smallest absolute Gasteiger partial charge is 0.229 e. The molecule has 0 atom stereocenters. The van der Waals surface area contributed by atoms with E-state index in [0.29, 0.717) is 34.9 Å². The fourth-order valence-corrected chi connectivity index (χ4v) is 3.46. The molecular formula is C20H26N2O6S. The molecule has 0 heterocycles. The highest BCUT2D eigenvalue weighted by Gasteiger charge is 2.16. The Morgan fingerprint density at radius 1 is 0.931 bits per heavy atom. The minimum Gasteiger partial charge on any atom is -0.493 e. The maximum atomic E-state index is 12.3. The lowest BCUT2D eigenvalue weighted by Crippen LogP contribution is -2.24. The maximum absolute atomic E-state index is 12.3. The van der Waals surface area contributed by atoms with Crippen molar-refractivity contribution in [2.75, 3.05) is 32.3 Å². The lowest BCUT2D eigenvalue weighted by molar-refractivity contribution is -0.121. The number of sulfonamides is 1. The van der Waals surface area contributed by atoms with E-state index in [9.17, 15) is 13.2 Å². The Hall–Kier alpha value is -2.94. The first-order valence-electron chi connectivity index (χ1n) is 8.89. The highest BCUT2D eigenvalue weighted by atomic mass is 32.2. The van der Waals surface area contributed by atoms with Gasteiger partial charge in [0.25, 0.3) is 0 Å². The van der Waals surface area contributed by atoms with Crippen LogP contribution in [0.3, 0.4) is 0 Å². The second-order valence-electron chi connectivity index (χ2n) is 6.30. The topological polar surface area (TPSA) is 103 Å². The summed E-state index contributed by atoms with van der Waals surface area (Å²) < 4.78 is 41.5. The van der Waals surface area contributed by atoms with E-state index in [2.05, 4.69) is 10.0 Å². The molecule has 2 aromatic carbocycles. The summed E-state index contributed by atoms with van der Waals surface area (Å²) in [5.74, 6) is 1.39. The van der Waals surface area contributed by atoms with Crippen LogP contribution in [-0.2, 0) is 27.8 Å². The summed E-state index contributed by atoms with van der Waals surface area (Å²) in [6.07, 6.45) is 1.75. The van der Waals surface area contributed by atoms with Gasteiger partial charge in [0.15, 0.2) is 11.5 Å². The number of aryl methyl sites for hydroxylation is 1. The van der Waals surface area contributed by atoms with E-state index in [1.165, 1.54) is 14.2 Å². The van der Waals surface area contributed by atoms with Crippen LogP contribution in [0.1, 0.15) is 17.5 Å². The monoisotopic (exact) mass is 422 g/mol. The number of amides is 1. The molecule has 0 spiro atoms. The molecule has 9 heteroatoms.